The predicted octanol–water partition coefficient (Wildman–Crippen LogP) is 1.99. The Morgan fingerprint density at radius 3 is 2.88 bits per heavy atom. The number of aromatic nitrogens is 1. The Morgan fingerprint density at radius 1 is 1.50 bits per heavy atom. The van der Waals surface area contributed by atoms with Crippen LogP contribution in [0.4, 0.5) is 0 Å². The summed E-state index contributed by atoms with van der Waals surface area (Å²) in [7, 11) is 0. The molecular formula is C13H21N3. The van der Waals surface area contributed by atoms with E-state index in [4.69, 9.17) is 5.84 Å². The van der Waals surface area contributed by atoms with Crippen LogP contribution in [0.25, 0.3) is 0 Å². The Kier molecular flexibility index (Phi) is 3.00. The molecule has 0 amide bonds. The molecular weight excluding hydrogens is 198 g/mol. The van der Waals surface area contributed by atoms with Crippen LogP contribution in [0.3, 0.4) is 0 Å². The molecule has 2 unspecified atom stereocenters. The Labute approximate surface area is 97.4 Å². The Hall–Kier alpha value is -0.930. The van der Waals surface area contributed by atoms with Crippen molar-refractivity contribution in [2.24, 2.45) is 11.3 Å². The van der Waals surface area contributed by atoms with Crippen LogP contribution in [0.5, 0.6) is 0 Å². The van der Waals surface area contributed by atoms with Crippen molar-refractivity contribution in [1.82, 2.24) is 10.4 Å². The molecule has 1 aromatic heterocycles. The number of nitrogens with one attached hydrogen (secondary N) is 1. The molecule has 1 aliphatic carbocycles. The van der Waals surface area contributed by atoms with E-state index in [1.807, 2.05) is 12.3 Å². The van der Waals surface area contributed by atoms with Gasteiger partial charge in [-0.3, -0.25) is 16.3 Å². The van der Waals surface area contributed by atoms with Gasteiger partial charge in [0.25, 0.3) is 0 Å². The molecule has 3 nitrogen and oxygen atoms in total. The molecule has 0 saturated carbocycles. The van der Waals surface area contributed by atoms with Gasteiger partial charge in [0.05, 0.1) is 0 Å². The first-order valence-corrected chi connectivity index (χ1v) is 5.94. The SMILES string of the molecule is CC(C)(C)C(NN)C1CCc2cccnc21. The number of nitrogens with two attached hydrogens (primary N) is 1. The van der Waals surface area contributed by atoms with Gasteiger partial charge in [-0.2, -0.15) is 0 Å². The van der Waals surface area contributed by atoms with Crippen molar-refractivity contribution in [2.75, 3.05) is 0 Å². The van der Waals surface area contributed by atoms with Gasteiger partial charge in [0.15, 0.2) is 0 Å². The van der Waals surface area contributed by atoms with Crippen LogP contribution in [0.15, 0.2) is 18.3 Å². The van der Waals surface area contributed by atoms with Crippen molar-refractivity contribution in [3.63, 3.8) is 0 Å². The van der Waals surface area contributed by atoms with Gasteiger partial charge in [0.1, 0.15) is 0 Å². The average molecular weight is 219 g/mol. The predicted molar refractivity (Wildman–Crippen MR) is 65.9 cm³/mol. The van der Waals surface area contributed by atoms with Crippen LogP contribution in [0, 0.1) is 5.41 Å². The van der Waals surface area contributed by atoms with Gasteiger partial charge in [0.2, 0.25) is 0 Å². The molecule has 1 aliphatic rings. The van der Waals surface area contributed by atoms with Crippen molar-refractivity contribution < 1.29 is 0 Å². The number of hydrazine groups is 1. The standard InChI is InChI=1S/C13H21N3/c1-13(2,3)12(16-14)10-7-6-9-5-4-8-15-11(9)10/h4-5,8,10,12,16H,6-7,14H2,1-3H3. The summed E-state index contributed by atoms with van der Waals surface area (Å²) in [6.07, 6.45) is 4.16. The molecule has 3 N–H and O–H groups in total. The molecule has 88 valence electrons. The summed E-state index contributed by atoms with van der Waals surface area (Å²) in [5.41, 5.74) is 5.76. The third kappa shape index (κ3) is 1.97. The second-order valence-corrected chi connectivity index (χ2v) is 5.70. The van der Waals surface area contributed by atoms with Gasteiger partial charge in [-0.15, -0.1) is 0 Å². The smallest absolute Gasteiger partial charge is 0.0482 e. The fraction of sp³-hybridized carbons (Fsp3) is 0.615. The van der Waals surface area contributed by atoms with Crippen LogP contribution in [0.1, 0.15) is 44.4 Å². The number of hydrogen-bond acceptors (Lipinski definition) is 3. The normalized spacial score (nSPS) is 21.9. The van der Waals surface area contributed by atoms with E-state index >= 15 is 0 Å². The zero-order valence-electron chi connectivity index (χ0n) is 10.3. The highest BCUT2D eigenvalue weighted by atomic mass is 15.2. The molecule has 16 heavy (non-hydrogen) atoms. The zero-order valence-corrected chi connectivity index (χ0v) is 10.3. The lowest BCUT2D eigenvalue weighted by Gasteiger charge is -2.34. The van der Waals surface area contributed by atoms with Crippen molar-refractivity contribution in [3.8, 4) is 0 Å². The van der Waals surface area contributed by atoms with Gasteiger partial charge < -0.3 is 0 Å². The molecule has 2 rings (SSSR count). The van der Waals surface area contributed by atoms with E-state index in [1.54, 1.807) is 0 Å². The summed E-state index contributed by atoms with van der Waals surface area (Å²) in [5.74, 6) is 6.16. The quantitative estimate of drug-likeness (QED) is 0.591. The lowest BCUT2D eigenvalue weighted by Crippen LogP contribution is -2.48. The van der Waals surface area contributed by atoms with E-state index in [9.17, 15) is 0 Å². The van der Waals surface area contributed by atoms with Gasteiger partial charge in [-0.05, 0) is 29.9 Å². The van der Waals surface area contributed by atoms with Crippen LogP contribution >= 0.6 is 0 Å². The number of fused-ring (bicyclic) bond motifs is 1. The van der Waals surface area contributed by atoms with Crippen LogP contribution < -0.4 is 11.3 Å². The maximum Gasteiger partial charge on any atom is 0.0482 e. The van der Waals surface area contributed by atoms with Crippen LogP contribution in [-0.4, -0.2) is 11.0 Å². The van der Waals surface area contributed by atoms with Crippen molar-refractivity contribution in [2.45, 2.75) is 45.6 Å². The summed E-state index contributed by atoms with van der Waals surface area (Å²) in [6, 6.07) is 4.48. The molecule has 0 saturated heterocycles. The van der Waals surface area contributed by atoms with Gasteiger partial charge >= 0.3 is 0 Å². The van der Waals surface area contributed by atoms with Gasteiger partial charge in [0, 0.05) is 23.9 Å². The first kappa shape index (κ1) is 11.6. The topological polar surface area (TPSA) is 50.9 Å². The van der Waals surface area contributed by atoms with E-state index in [0.717, 1.165) is 12.8 Å². The van der Waals surface area contributed by atoms with E-state index in [2.05, 4.69) is 37.2 Å². The Balaban J connectivity index is 2.30. The monoisotopic (exact) mass is 219 g/mol. The summed E-state index contributed by atoms with van der Waals surface area (Å²) in [6.45, 7) is 6.66. The highest BCUT2D eigenvalue weighted by Crippen LogP contribution is 2.39. The van der Waals surface area contributed by atoms with Crippen LogP contribution in [-0.2, 0) is 6.42 Å². The maximum absolute atomic E-state index is 5.72. The zero-order chi connectivity index (χ0) is 11.8. The van der Waals surface area contributed by atoms with E-state index in [1.165, 1.54) is 11.3 Å². The molecule has 0 radical (unpaired) electrons. The van der Waals surface area contributed by atoms with Crippen molar-refractivity contribution in [1.29, 1.82) is 0 Å². The summed E-state index contributed by atoms with van der Waals surface area (Å²) in [4.78, 5) is 4.53. The number of nitrogens with zero attached hydrogens (tertiary/aromatic N) is 1. The molecule has 1 heterocycles. The summed E-state index contributed by atoms with van der Waals surface area (Å²) in [5, 5.41) is 0. The van der Waals surface area contributed by atoms with E-state index < -0.39 is 0 Å². The van der Waals surface area contributed by atoms with Crippen LogP contribution in [0.2, 0.25) is 0 Å². The van der Waals surface area contributed by atoms with Gasteiger partial charge in [-0.25, -0.2) is 0 Å². The van der Waals surface area contributed by atoms with Gasteiger partial charge in [-0.1, -0.05) is 26.8 Å². The second kappa shape index (κ2) is 4.15. The molecule has 0 aliphatic heterocycles. The summed E-state index contributed by atoms with van der Waals surface area (Å²) < 4.78 is 0. The fourth-order valence-corrected chi connectivity index (χ4v) is 2.74. The fourth-order valence-electron chi connectivity index (χ4n) is 2.74. The largest absolute Gasteiger partial charge is 0.271 e. The molecule has 0 fully saturated rings. The van der Waals surface area contributed by atoms with Crippen molar-refractivity contribution >= 4 is 0 Å². The molecule has 1 aromatic rings. The first-order chi connectivity index (χ1) is 7.54. The molecule has 0 bridgehead atoms. The Morgan fingerprint density at radius 2 is 2.25 bits per heavy atom. The maximum atomic E-state index is 5.72. The molecule has 3 heteroatoms. The highest BCUT2D eigenvalue weighted by molar-refractivity contribution is 5.30. The third-order valence-electron chi connectivity index (χ3n) is 3.52. The lowest BCUT2D eigenvalue weighted by atomic mass is 9.78. The number of aryl methyl sites for hydroxylation is 1. The van der Waals surface area contributed by atoms with E-state index in [0.29, 0.717) is 5.92 Å². The second-order valence-electron chi connectivity index (χ2n) is 5.70. The minimum Gasteiger partial charge on any atom is -0.271 e. The number of pyridine rings is 1. The number of hydrogen-bond donors (Lipinski definition) is 2. The minimum absolute atomic E-state index is 0.151. The first-order valence-electron chi connectivity index (χ1n) is 5.94. The minimum atomic E-state index is 0.151. The lowest BCUT2D eigenvalue weighted by molar-refractivity contribution is 0.230. The average Bonchev–Trinajstić information content (AvgIpc) is 2.61. The van der Waals surface area contributed by atoms with Crippen molar-refractivity contribution in [3.05, 3.63) is 29.6 Å². The summed E-state index contributed by atoms with van der Waals surface area (Å²) >= 11 is 0. The third-order valence-corrected chi connectivity index (χ3v) is 3.52. The molecule has 0 spiro atoms. The molecule has 0 aromatic carbocycles. The molecule has 2 atom stereocenters. The Bertz CT molecular complexity index is 368. The van der Waals surface area contributed by atoms with E-state index in [-0.39, 0.29) is 11.5 Å². The highest BCUT2D eigenvalue weighted by Gasteiger charge is 2.36. The number of rotatable bonds is 2.